The van der Waals surface area contributed by atoms with Gasteiger partial charge in [0.1, 0.15) is 11.4 Å². The normalized spacial score (nSPS) is 25.1. The minimum absolute atomic E-state index is 0.188. The second-order valence-electron chi connectivity index (χ2n) is 7.72. The highest BCUT2D eigenvalue weighted by atomic mass is 16.5. The quantitative estimate of drug-likeness (QED) is 0.714. The number of aromatic amines is 1. The number of benzene rings is 2. The van der Waals surface area contributed by atoms with E-state index in [1.165, 1.54) is 7.11 Å². The van der Waals surface area contributed by atoms with Gasteiger partial charge in [0.05, 0.1) is 43.0 Å². The van der Waals surface area contributed by atoms with E-state index >= 15 is 0 Å². The van der Waals surface area contributed by atoms with Gasteiger partial charge in [-0.1, -0.05) is 24.3 Å². The van der Waals surface area contributed by atoms with Crippen LogP contribution >= 0.6 is 0 Å². The van der Waals surface area contributed by atoms with Crippen LogP contribution in [0.15, 0.2) is 41.2 Å². The Morgan fingerprint density at radius 2 is 1.90 bits per heavy atom. The first-order chi connectivity index (χ1) is 14.0. The minimum Gasteiger partial charge on any atom is -0.496 e. The summed E-state index contributed by atoms with van der Waals surface area (Å²) >= 11 is 0. The molecule has 2 aliphatic heterocycles. The summed E-state index contributed by atoms with van der Waals surface area (Å²) in [6, 6.07) is 11.2. The maximum atomic E-state index is 13.3. The molecule has 2 aromatic carbocycles. The molecule has 0 saturated carbocycles. The Kier molecular flexibility index (Phi) is 3.98. The van der Waals surface area contributed by atoms with E-state index in [4.69, 9.17) is 14.2 Å². The third kappa shape index (κ3) is 2.33. The fourth-order valence-electron chi connectivity index (χ4n) is 5.03. The number of hydrogen-bond acceptors (Lipinski definition) is 5. The summed E-state index contributed by atoms with van der Waals surface area (Å²) in [4.78, 5) is 16.6. The molecule has 2 N–H and O–H groups in total. The number of hydrogen-bond donors (Lipinski definition) is 2. The van der Waals surface area contributed by atoms with Gasteiger partial charge in [0.2, 0.25) is 5.43 Å². The number of aromatic nitrogens is 1. The van der Waals surface area contributed by atoms with E-state index in [1.807, 2.05) is 43.3 Å². The van der Waals surface area contributed by atoms with Crippen molar-refractivity contribution in [1.29, 1.82) is 0 Å². The van der Waals surface area contributed by atoms with Gasteiger partial charge in [-0.25, -0.2) is 0 Å². The summed E-state index contributed by atoms with van der Waals surface area (Å²) in [6.07, 6.45) is 0.794. The van der Waals surface area contributed by atoms with Gasteiger partial charge in [-0.2, -0.15) is 0 Å². The average Bonchev–Trinajstić information content (AvgIpc) is 3.19. The third-order valence-corrected chi connectivity index (χ3v) is 6.28. The number of nitrogens with one attached hydrogen (secondary N) is 1. The molecule has 0 unspecified atom stereocenters. The van der Waals surface area contributed by atoms with Crippen LogP contribution in [0.1, 0.15) is 41.3 Å². The van der Waals surface area contributed by atoms with E-state index in [0.717, 1.165) is 12.0 Å². The number of ether oxygens (including phenoxy) is 3. The number of rotatable bonds is 3. The van der Waals surface area contributed by atoms with Crippen LogP contribution < -0.4 is 14.9 Å². The molecular formula is C23H23NO5. The lowest BCUT2D eigenvalue weighted by Crippen LogP contribution is -2.44. The van der Waals surface area contributed by atoms with E-state index in [2.05, 4.69) is 4.98 Å². The average molecular weight is 393 g/mol. The molecule has 3 atom stereocenters. The summed E-state index contributed by atoms with van der Waals surface area (Å²) in [7, 11) is 3.08. The van der Waals surface area contributed by atoms with Crippen molar-refractivity contribution in [2.45, 2.75) is 37.6 Å². The zero-order valence-corrected chi connectivity index (χ0v) is 16.6. The summed E-state index contributed by atoms with van der Waals surface area (Å²) in [5.41, 5.74) is 1.87. The van der Waals surface area contributed by atoms with Crippen LogP contribution in [0.5, 0.6) is 11.5 Å². The summed E-state index contributed by atoms with van der Waals surface area (Å²) in [6.45, 7) is 1.81. The lowest BCUT2D eigenvalue weighted by molar-refractivity contribution is -0.102. The highest BCUT2D eigenvalue weighted by Gasteiger charge is 2.53. The van der Waals surface area contributed by atoms with Gasteiger partial charge in [0.25, 0.3) is 0 Å². The van der Waals surface area contributed by atoms with E-state index in [-0.39, 0.29) is 17.3 Å². The van der Waals surface area contributed by atoms with Crippen molar-refractivity contribution in [2.75, 3.05) is 14.2 Å². The first-order valence-electron chi connectivity index (χ1n) is 9.76. The van der Waals surface area contributed by atoms with E-state index in [0.29, 0.717) is 39.9 Å². The van der Waals surface area contributed by atoms with Gasteiger partial charge in [-0.05, 0) is 37.5 Å². The van der Waals surface area contributed by atoms with Crippen LogP contribution in [-0.4, -0.2) is 30.4 Å². The Labute approximate surface area is 168 Å². The van der Waals surface area contributed by atoms with Gasteiger partial charge >= 0.3 is 0 Å². The molecule has 1 aromatic heterocycles. The molecule has 29 heavy (non-hydrogen) atoms. The summed E-state index contributed by atoms with van der Waals surface area (Å²) in [5.74, 6) is 0.872. The second-order valence-corrected chi connectivity index (χ2v) is 7.72. The molecule has 2 aliphatic rings. The molecule has 1 fully saturated rings. The molecule has 0 radical (unpaired) electrons. The fourth-order valence-corrected chi connectivity index (χ4v) is 5.03. The van der Waals surface area contributed by atoms with Crippen LogP contribution in [0.3, 0.4) is 0 Å². The Morgan fingerprint density at radius 1 is 1.10 bits per heavy atom. The molecular weight excluding hydrogens is 370 g/mol. The van der Waals surface area contributed by atoms with Crippen molar-refractivity contribution in [3.05, 3.63) is 69.0 Å². The third-order valence-electron chi connectivity index (χ3n) is 6.28. The Morgan fingerprint density at radius 3 is 2.66 bits per heavy atom. The first kappa shape index (κ1) is 18.2. The molecule has 0 aliphatic carbocycles. The molecule has 6 heteroatoms. The molecule has 2 bridgehead atoms. The fraction of sp³-hybridized carbons (Fsp3) is 0.348. The van der Waals surface area contributed by atoms with Crippen molar-refractivity contribution in [2.24, 2.45) is 0 Å². The van der Waals surface area contributed by atoms with Gasteiger partial charge < -0.3 is 24.3 Å². The zero-order valence-electron chi connectivity index (χ0n) is 16.6. The van der Waals surface area contributed by atoms with E-state index in [9.17, 15) is 9.90 Å². The number of aryl methyl sites for hydroxylation is 1. The van der Waals surface area contributed by atoms with Crippen molar-refractivity contribution in [1.82, 2.24) is 4.98 Å². The lowest BCUT2D eigenvalue weighted by Gasteiger charge is -2.41. The first-order valence-corrected chi connectivity index (χ1v) is 9.76. The molecule has 3 heterocycles. The number of para-hydroxylation sites is 1. The molecule has 0 amide bonds. The Balaban J connectivity index is 1.89. The standard InChI is InChI=1S/C23H23NO5/c1-12-22(28-3)21(25)20-15(24-12)9-8-14-19(20)17-10-11-18(29-17)23(14,26)13-6-4-5-7-16(13)27-2/h4-9,17-18,26H,10-11H2,1-3H3,(H,24,25)/t17-,18+,23-/m0/s1. The van der Waals surface area contributed by atoms with Gasteiger partial charge in [-0.3, -0.25) is 4.79 Å². The largest absolute Gasteiger partial charge is 0.496 e. The monoisotopic (exact) mass is 393 g/mol. The molecule has 150 valence electrons. The van der Waals surface area contributed by atoms with Crippen molar-refractivity contribution in [3.8, 4) is 11.5 Å². The predicted molar refractivity (Wildman–Crippen MR) is 109 cm³/mol. The number of H-pyrrole nitrogens is 1. The molecule has 5 rings (SSSR count). The number of fused-ring (bicyclic) bond motifs is 6. The van der Waals surface area contributed by atoms with Crippen LogP contribution in [0.2, 0.25) is 0 Å². The predicted octanol–water partition coefficient (Wildman–Crippen LogP) is 3.32. The summed E-state index contributed by atoms with van der Waals surface area (Å²) < 4.78 is 17.2. The van der Waals surface area contributed by atoms with Crippen LogP contribution in [0.25, 0.3) is 10.9 Å². The zero-order chi connectivity index (χ0) is 20.3. The number of aliphatic hydroxyl groups is 1. The maximum absolute atomic E-state index is 13.3. The molecule has 1 saturated heterocycles. The van der Waals surface area contributed by atoms with Crippen LogP contribution in [0.4, 0.5) is 0 Å². The van der Waals surface area contributed by atoms with Crippen LogP contribution in [0, 0.1) is 6.92 Å². The Hall–Kier alpha value is -2.83. The van der Waals surface area contributed by atoms with Crippen LogP contribution in [-0.2, 0) is 10.3 Å². The molecule has 3 aromatic rings. The van der Waals surface area contributed by atoms with Gasteiger partial charge in [0, 0.05) is 11.1 Å². The molecule has 6 nitrogen and oxygen atoms in total. The van der Waals surface area contributed by atoms with E-state index in [1.54, 1.807) is 7.11 Å². The minimum atomic E-state index is -1.41. The number of pyridine rings is 1. The highest BCUT2D eigenvalue weighted by molar-refractivity contribution is 5.86. The number of methoxy groups -OCH3 is 2. The SMILES string of the molecule is COc1ccccc1[C@]1(O)c2ccc3[nH]c(C)c(OC)c(=O)c3c2[C@@H]2CC[C@H]1O2. The molecule has 0 spiro atoms. The van der Waals surface area contributed by atoms with E-state index < -0.39 is 11.7 Å². The summed E-state index contributed by atoms with van der Waals surface area (Å²) in [5, 5.41) is 12.6. The van der Waals surface area contributed by atoms with Gasteiger partial charge in [0.15, 0.2) is 5.75 Å². The Bertz CT molecular complexity index is 1180. The van der Waals surface area contributed by atoms with Crippen molar-refractivity contribution in [3.63, 3.8) is 0 Å². The lowest BCUT2D eigenvalue weighted by atomic mass is 9.77. The second kappa shape index (κ2) is 6.34. The maximum Gasteiger partial charge on any atom is 0.231 e. The smallest absolute Gasteiger partial charge is 0.231 e. The topological polar surface area (TPSA) is 80.8 Å². The highest BCUT2D eigenvalue weighted by Crippen LogP contribution is 2.54. The van der Waals surface area contributed by atoms with Crippen molar-refractivity contribution < 1.29 is 19.3 Å². The van der Waals surface area contributed by atoms with Crippen molar-refractivity contribution >= 4 is 10.9 Å². The van der Waals surface area contributed by atoms with Gasteiger partial charge in [-0.15, -0.1) is 0 Å².